The van der Waals surface area contributed by atoms with Crippen molar-refractivity contribution in [3.05, 3.63) is 53.3 Å². The van der Waals surface area contributed by atoms with Crippen LogP contribution >= 0.6 is 0 Å². The van der Waals surface area contributed by atoms with Gasteiger partial charge < -0.3 is 19.3 Å². The number of ether oxygens (including phenoxy) is 2. The van der Waals surface area contributed by atoms with Gasteiger partial charge in [-0.1, -0.05) is 0 Å². The molecular weight excluding hydrogens is 431 g/mol. The second-order valence-electron chi connectivity index (χ2n) is 8.21. The van der Waals surface area contributed by atoms with Crippen LogP contribution in [0.5, 0.6) is 11.5 Å². The topological polar surface area (TPSA) is 59.1 Å². The molecule has 0 unspecified atom stereocenters. The van der Waals surface area contributed by atoms with Gasteiger partial charge in [-0.05, 0) is 50.2 Å². The van der Waals surface area contributed by atoms with E-state index in [1.165, 1.54) is 12.1 Å². The van der Waals surface area contributed by atoms with Crippen molar-refractivity contribution in [2.75, 3.05) is 43.4 Å². The normalized spacial score (nSPS) is 18.8. The maximum Gasteiger partial charge on any atom is 0.235 e. The lowest BCUT2D eigenvalue weighted by atomic mass is 10.1. The molecule has 2 aromatic rings. The average molecular weight is 461 g/mol. The number of carbonyl (C=O) groups is 1. The molecule has 2 aliphatic rings. The molecule has 8 heteroatoms. The second-order valence-corrected chi connectivity index (χ2v) is 9.66. The van der Waals surface area contributed by atoms with Gasteiger partial charge in [0, 0.05) is 60.2 Å². The van der Waals surface area contributed by atoms with E-state index in [4.69, 9.17) is 9.47 Å². The molecule has 2 atom stereocenters. The molecule has 172 valence electrons. The van der Waals surface area contributed by atoms with Crippen LogP contribution in [-0.4, -0.2) is 59.7 Å². The molecule has 0 bridgehead atoms. The molecule has 4 rings (SSSR count). The van der Waals surface area contributed by atoms with E-state index in [0.717, 1.165) is 34.7 Å². The van der Waals surface area contributed by atoms with Crippen LogP contribution in [0.2, 0.25) is 0 Å². The molecule has 0 saturated carbocycles. The number of benzene rings is 2. The van der Waals surface area contributed by atoms with Crippen LogP contribution in [0.1, 0.15) is 25.0 Å². The Bertz CT molecular complexity index is 990. The molecule has 2 aliphatic heterocycles. The third kappa shape index (κ3) is 5.23. The summed E-state index contributed by atoms with van der Waals surface area (Å²) >= 11 is 0. The minimum Gasteiger partial charge on any atom is -0.494 e. The first kappa shape index (κ1) is 22.6. The van der Waals surface area contributed by atoms with Gasteiger partial charge in [-0.3, -0.25) is 9.00 Å². The summed E-state index contributed by atoms with van der Waals surface area (Å²) in [5.74, 6) is 1.40. The van der Waals surface area contributed by atoms with Crippen molar-refractivity contribution in [3.63, 3.8) is 0 Å². The molecular formula is C24H29FN2O4S. The molecule has 32 heavy (non-hydrogen) atoms. The van der Waals surface area contributed by atoms with Crippen molar-refractivity contribution in [3.8, 4) is 11.5 Å². The minimum atomic E-state index is -1.35. The highest BCUT2D eigenvalue weighted by Crippen LogP contribution is 2.35. The third-order valence-electron chi connectivity index (χ3n) is 5.80. The molecule has 1 fully saturated rings. The Labute approximate surface area is 190 Å². The van der Waals surface area contributed by atoms with Crippen molar-refractivity contribution < 1.29 is 22.9 Å². The van der Waals surface area contributed by atoms with Crippen LogP contribution in [0.25, 0.3) is 0 Å². The highest BCUT2D eigenvalue weighted by molar-refractivity contribution is 7.84. The summed E-state index contributed by atoms with van der Waals surface area (Å²) in [7, 11) is -1.35. The molecule has 0 aliphatic carbocycles. The number of rotatable bonds is 7. The van der Waals surface area contributed by atoms with Crippen LogP contribution in [0.3, 0.4) is 0 Å². The monoisotopic (exact) mass is 460 g/mol. The first-order chi connectivity index (χ1) is 15.4. The van der Waals surface area contributed by atoms with Crippen LogP contribution in [0.15, 0.2) is 36.4 Å². The van der Waals surface area contributed by atoms with E-state index in [2.05, 4.69) is 4.90 Å². The second kappa shape index (κ2) is 9.90. The Morgan fingerprint density at radius 1 is 1.19 bits per heavy atom. The van der Waals surface area contributed by atoms with Crippen molar-refractivity contribution in [1.82, 2.24) is 4.90 Å². The van der Waals surface area contributed by atoms with E-state index in [1.807, 2.05) is 26.0 Å². The van der Waals surface area contributed by atoms with Gasteiger partial charge in [0.25, 0.3) is 0 Å². The first-order valence-electron chi connectivity index (χ1n) is 11.0. The number of piperazine rings is 1. The SMILES string of the molecule is CCOc1cc2c(cc1C[S@](=O)CC(=O)N1CCN(c3ccc(F)cc3)CC1)O[C@@H](C)C2. The molecule has 1 amide bonds. The molecule has 1 saturated heterocycles. The zero-order chi connectivity index (χ0) is 22.7. The third-order valence-corrected chi connectivity index (χ3v) is 7.01. The molecule has 6 nitrogen and oxygen atoms in total. The lowest BCUT2D eigenvalue weighted by Crippen LogP contribution is -2.50. The molecule has 0 N–H and O–H groups in total. The van der Waals surface area contributed by atoms with Crippen LogP contribution < -0.4 is 14.4 Å². The zero-order valence-electron chi connectivity index (χ0n) is 18.5. The first-order valence-corrected chi connectivity index (χ1v) is 12.5. The quantitative estimate of drug-likeness (QED) is 0.635. The summed E-state index contributed by atoms with van der Waals surface area (Å²) in [5, 5.41) is 0. The summed E-state index contributed by atoms with van der Waals surface area (Å²) < 4.78 is 37.6. The lowest BCUT2D eigenvalue weighted by molar-refractivity contribution is -0.128. The van der Waals surface area contributed by atoms with Crippen LogP contribution in [0.4, 0.5) is 10.1 Å². The van der Waals surface area contributed by atoms with Gasteiger partial charge in [0.15, 0.2) is 0 Å². The number of fused-ring (bicyclic) bond motifs is 1. The maximum atomic E-state index is 13.1. The molecule has 2 aromatic carbocycles. The van der Waals surface area contributed by atoms with Gasteiger partial charge in [-0.25, -0.2) is 4.39 Å². The van der Waals surface area contributed by atoms with Gasteiger partial charge in [0.05, 0.1) is 12.4 Å². The fourth-order valence-electron chi connectivity index (χ4n) is 4.20. The van der Waals surface area contributed by atoms with E-state index in [1.54, 1.807) is 17.0 Å². The summed E-state index contributed by atoms with van der Waals surface area (Å²) in [6.07, 6.45) is 0.955. The van der Waals surface area contributed by atoms with Crippen LogP contribution in [-0.2, 0) is 27.8 Å². The Hall–Kier alpha value is -2.61. The molecule has 0 spiro atoms. The number of halogens is 1. The van der Waals surface area contributed by atoms with Gasteiger partial charge in [0.1, 0.15) is 29.2 Å². The Balaban J connectivity index is 1.33. The predicted molar refractivity (Wildman–Crippen MR) is 123 cm³/mol. The zero-order valence-corrected chi connectivity index (χ0v) is 19.3. The lowest BCUT2D eigenvalue weighted by Gasteiger charge is -2.36. The number of carbonyl (C=O) groups excluding carboxylic acids is 1. The van der Waals surface area contributed by atoms with Crippen LogP contribution in [0, 0.1) is 5.82 Å². The van der Waals surface area contributed by atoms with E-state index in [-0.39, 0.29) is 29.3 Å². The van der Waals surface area contributed by atoms with E-state index >= 15 is 0 Å². The highest BCUT2D eigenvalue weighted by Gasteiger charge is 2.25. The Morgan fingerprint density at radius 2 is 1.91 bits per heavy atom. The van der Waals surface area contributed by atoms with Gasteiger partial charge in [0.2, 0.25) is 5.91 Å². The Kier molecular flexibility index (Phi) is 6.98. The van der Waals surface area contributed by atoms with E-state index in [9.17, 15) is 13.4 Å². The molecule has 2 heterocycles. The van der Waals surface area contributed by atoms with Gasteiger partial charge in [-0.15, -0.1) is 0 Å². The number of hydrogen-bond donors (Lipinski definition) is 0. The average Bonchev–Trinajstić information content (AvgIpc) is 3.13. The maximum absolute atomic E-state index is 13.1. The summed E-state index contributed by atoms with van der Waals surface area (Å²) in [4.78, 5) is 16.6. The van der Waals surface area contributed by atoms with Crippen molar-refractivity contribution >= 4 is 22.4 Å². The molecule has 0 aromatic heterocycles. The fourth-order valence-corrected chi connectivity index (χ4v) is 5.34. The van der Waals surface area contributed by atoms with Gasteiger partial charge >= 0.3 is 0 Å². The van der Waals surface area contributed by atoms with E-state index in [0.29, 0.717) is 32.8 Å². The summed E-state index contributed by atoms with van der Waals surface area (Å²) in [5.41, 5.74) is 2.86. The number of nitrogens with zero attached hydrogens (tertiary/aromatic N) is 2. The van der Waals surface area contributed by atoms with Gasteiger partial charge in [-0.2, -0.15) is 0 Å². The Morgan fingerprint density at radius 3 is 2.59 bits per heavy atom. The van der Waals surface area contributed by atoms with E-state index < -0.39 is 10.8 Å². The smallest absolute Gasteiger partial charge is 0.235 e. The van der Waals surface area contributed by atoms with Crippen molar-refractivity contribution in [2.45, 2.75) is 32.1 Å². The predicted octanol–water partition coefficient (Wildman–Crippen LogP) is 3.15. The number of amides is 1. The molecule has 0 radical (unpaired) electrons. The number of anilines is 1. The van der Waals surface area contributed by atoms with Crippen molar-refractivity contribution in [2.24, 2.45) is 0 Å². The summed E-state index contributed by atoms with van der Waals surface area (Å²) in [6.45, 7) is 6.91. The van der Waals surface area contributed by atoms with Crippen molar-refractivity contribution in [1.29, 1.82) is 0 Å². The summed E-state index contributed by atoms with van der Waals surface area (Å²) in [6, 6.07) is 10.3. The minimum absolute atomic E-state index is 0.0174. The highest BCUT2D eigenvalue weighted by atomic mass is 32.2. The fraction of sp³-hybridized carbons (Fsp3) is 0.458. The number of hydrogen-bond acceptors (Lipinski definition) is 5. The standard InChI is InChI=1S/C24H29FN2O4S/c1-3-30-22-13-18-12-17(2)31-23(18)14-19(22)15-32(29)16-24(28)27-10-8-26(9-11-27)21-6-4-20(25)5-7-21/h4-7,13-14,17H,3,8-12,15-16H2,1-2H3/t17-,32-/m0/s1. The largest absolute Gasteiger partial charge is 0.494 e.